The van der Waals surface area contributed by atoms with E-state index in [-0.39, 0.29) is 31.8 Å². The van der Waals surface area contributed by atoms with Crippen LogP contribution in [-0.4, -0.2) is 97.5 Å². The smallest absolute Gasteiger partial charge is 0.407 e. The first kappa shape index (κ1) is 33.4. The molecule has 12 nitrogen and oxygen atoms in total. The molecule has 4 fully saturated rings. The molecule has 0 bridgehead atoms. The molecule has 12 heteroatoms. The molecule has 2 aliphatic carbocycles. The number of alkyl carbamates (subject to hydrolysis) is 1. The predicted molar refractivity (Wildman–Crippen MR) is 154 cm³/mol. The summed E-state index contributed by atoms with van der Waals surface area (Å²) in [6.07, 6.45) is -1.70. The second kappa shape index (κ2) is 11.4. The van der Waals surface area contributed by atoms with Crippen LogP contribution >= 0.6 is 0 Å². The van der Waals surface area contributed by atoms with E-state index in [0.717, 1.165) is 0 Å². The molecule has 0 aromatic rings. The topological polar surface area (TPSA) is 139 Å². The minimum absolute atomic E-state index is 0.0158. The van der Waals surface area contributed by atoms with Crippen molar-refractivity contribution in [3.05, 3.63) is 12.7 Å². The SMILES string of the molecule is C=C[C@@]1(C)CC(=O)[C@@]23OC(N(C)C)O[C@H]4CCC(C)(C)[C@H]([C@H](OC(=O)NCCC(=O)OCC)[C@H](OC(C)=O)[C@@]2(C)O1)[C@]43C. The van der Waals surface area contributed by atoms with Gasteiger partial charge in [-0.15, -0.1) is 6.58 Å². The van der Waals surface area contributed by atoms with Gasteiger partial charge in [0.15, 0.2) is 17.5 Å². The molecule has 1 N–H and O–H groups in total. The number of nitrogens with one attached hydrogen (secondary N) is 1. The Bertz CT molecular complexity index is 1160. The van der Waals surface area contributed by atoms with Crippen LogP contribution in [0.2, 0.25) is 0 Å². The number of hydrogen-bond acceptors (Lipinski definition) is 11. The quantitative estimate of drug-likeness (QED) is 0.247. The first-order valence-electron chi connectivity index (χ1n) is 15.1. The fraction of sp³-hybridized carbons (Fsp3) is 0.806. The van der Waals surface area contributed by atoms with Gasteiger partial charge < -0.3 is 33.7 Å². The lowest BCUT2D eigenvalue weighted by Gasteiger charge is -2.74. The molecule has 43 heavy (non-hydrogen) atoms. The molecule has 4 aliphatic rings. The van der Waals surface area contributed by atoms with Crippen molar-refractivity contribution < 1.29 is 47.6 Å². The zero-order valence-corrected chi connectivity index (χ0v) is 26.9. The van der Waals surface area contributed by atoms with E-state index in [0.29, 0.717) is 12.8 Å². The Balaban J connectivity index is 1.90. The number of nitrogens with zero attached hydrogens (tertiary/aromatic N) is 1. The van der Waals surface area contributed by atoms with Gasteiger partial charge in [0, 0.05) is 31.2 Å². The van der Waals surface area contributed by atoms with E-state index in [1.54, 1.807) is 45.8 Å². The van der Waals surface area contributed by atoms with Gasteiger partial charge in [-0.2, -0.15) is 0 Å². The van der Waals surface area contributed by atoms with E-state index >= 15 is 0 Å². The van der Waals surface area contributed by atoms with Crippen LogP contribution < -0.4 is 5.32 Å². The van der Waals surface area contributed by atoms with E-state index in [1.807, 2.05) is 6.92 Å². The molecule has 1 spiro atoms. The number of ketones is 1. The summed E-state index contributed by atoms with van der Waals surface area (Å²) < 4.78 is 37.4. The van der Waals surface area contributed by atoms with E-state index in [4.69, 9.17) is 28.4 Å². The highest BCUT2D eigenvalue weighted by molar-refractivity contribution is 5.93. The summed E-state index contributed by atoms with van der Waals surface area (Å²) >= 11 is 0. The Labute approximate surface area is 254 Å². The van der Waals surface area contributed by atoms with Crippen molar-refractivity contribution in [3.8, 4) is 0 Å². The fourth-order valence-corrected chi connectivity index (χ4v) is 8.43. The van der Waals surface area contributed by atoms with Gasteiger partial charge in [0.05, 0.1) is 24.7 Å². The highest BCUT2D eigenvalue weighted by Crippen LogP contribution is 2.70. The molecule has 4 rings (SSSR count). The monoisotopic (exact) mass is 608 g/mol. The molecule has 2 saturated carbocycles. The number of carbonyl (C=O) groups is 4. The molecule has 242 valence electrons. The molecule has 2 heterocycles. The zero-order valence-electron chi connectivity index (χ0n) is 26.9. The average molecular weight is 609 g/mol. The number of esters is 2. The van der Waals surface area contributed by atoms with E-state index in [2.05, 4.69) is 25.7 Å². The van der Waals surface area contributed by atoms with E-state index < -0.39 is 76.3 Å². The van der Waals surface area contributed by atoms with Crippen molar-refractivity contribution in [3.63, 3.8) is 0 Å². The third-order valence-corrected chi connectivity index (χ3v) is 10.0. The number of ether oxygens (including phenoxy) is 6. The molecule has 0 aromatic heterocycles. The van der Waals surface area contributed by atoms with Crippen LogP contribution in [0, 0.1) is 16.7 Å². The Morgan fingerprint density at radius 1 is 1.14 bits per heavy atom. The van der Waals surface area contributed by atoms with Crippen LogP contribution in [0.1, 0.15) is 74.1 Å². The van der Waals surface area contributed by atoms with Crippen LogP contribution in [0.4, 0.5) is 4.79 Å². The van der Waals surface area contributed by atoms with Crippen molar-refractivity contribution >= 4 is 23.8 Å². The Hall–Kier alpha value is -2.54. The normalized spacial score (nSPS) is 41.3. The summed E-state index contributed by atoms with van der Waals surface area (Å²) in [5.41, 5.74) is -6.02. The summed E-state index contributed by atoms with van der Waals surface area (Å²) in [7, 11) is 3.60. The van der Waals surface area contributed by atoms with Gasteiger partial charge >= 0.3 is 18.0 Å². The third-order valence-electron chi connectivity index (χ3n) is 10.0. The van der Waals surface area contributed by atoms with Crippen molar-refractivity contribution in [2.24, 2.45) is 16.7 Å². The number of carbonyl (C=O) groups excluding carboxylic acids is 4. The Kier molecular flexibility index (Phi) is 8.87. The largest absolute Gasteiger partial charge is 0.466 e. The van der Waals surface area contributed by atoms with Gasteiger partial charge in [0.1, 0.15) is 11.7 Å². The van der Waals surface area contributed by atoms with Gasteiger partial charge in [0.25, 0.3) is 0 Å². The lowest BCUT2D eigenvalue weighted by molar-refractivity contribution is -0.456. The summed E-state index contributed by atoms with van der Waals surface area (Å²) in [6, 6.07) is 0. The second-order valence-electron chi connectivity index (χ2n) is 13.7. The maximum atomic E-state index is 14.8. The Morgan fingerprint density at radius 3 is 2.40 bits per heavy atom. The second-order valence-corrected chi connectivity index (χ2v) is 13.7. The minimum Gasteiger partial charge on any atom is -0.466 e. The minimum atomic E-state index is -1.65. The molecule has 2 saturated heterocycles. The molecule has 9 atom stereocenters. The molecule has 1 amide bonds. The highest BCUT2D eigenvalue weighted by atomic mass is 16.7. The summed E-state index contributed by atoms with van der Waals surface area (Å²) in [6.45, 7) is 16.6. The van der Waals surface area contributed by atoms with Crippen molar-refractivity contribution in [1.82, 2.24) is 10.2 Å². The third kappa shape index (κ3) is 5.17. The highest BCUT2D eigenvalue weighted by Gasteiger charge is 2.85. The summed E-state index contributed by atoms with van der Waals surface area (Å²) in [5.74, 6) is -1.88. The molecule has 1 unspecified atom stereocenters. The Morgan fingerprint density at radius 2 is 1.81 bits per heavy atom. The van der Waals surface area contributed by atoms with E-state index in [9.17, 15) is 19.2 Å². The molecule has 2 aliphatic heterocycles. The lowest BCUT2D eigenvalue weighted by Crippen LogP contribution is -2.90. The van der Waals surface area contributed by atoms with E-state index in [1.165, 1.54) is 6.92 Å². The average Bonchev–Trinajstić information content (AvgIpc) is 2.88. The van der Waals surface area contributed by atoms with Crippen molar-refractivity contribution in [2.45, 2.75) is 116 Å². The fourth-order valence-electron chi connectivity index (χ4n) is 8.43. The molecular formula is C31H48N2O10. The zero-order chi connectivity index (χ0) is 32.2. The first-order chi connectivity index (χ1) is 19.9. The van der Waals surface area contributed by atoms with Crippen LogP contribution in [0.15, 0.2) is 12.7 Å². The molecular weight excluding hydrogens is 560 g/mol. The number of rotatable bonds is 8. The summed E-state index contributed by atoms with van der Waals surface area (Å²) in [4.78, 5) is 54.5. The molecule has 0 aromatic carbocycles. The van der Waals surface area contributed by atoms with Gasteiger partial charge in [-0.3, -0.25) is 19.3 Å². The van der Waals surface area contributed by atoms with Gasteiger partial charge in [-0.05, 0) is 53.1 Å². The van der Waals surface area contributed by atoms with Crippen molar-refractivity contribution in [1.29, 1.82) is 0 Å². The van der Waals surface area contributed by atoms with Gasteiger partial charge in [-0.1, -0.05) is 26.8 Å². The number of amides is 1. The molecule has 0 radical (unpaired) electrons. The van der Waals surface area contributed by atoms with Gasteiger partial charge in [-0.25, -0.2) is 4.79 Å². The predicted octanol–water partition coefficient (Wildman–Crippen LogP) is 3.11. The summed E-state index contributed by atoms with van der Waals surface area (Å²) in [5, 5.41) is 2.62. The lowest BCUT2D eigenvalue weighted by atomic mass is 9.39. The van der Waals surface area contributed by atoms with Crippen molar-refractivity contribution in [2.75, 3.05) is 27.2 Å². The van der Waals surface area contributed by atoms with Crippen LogP contribution in [0.5, 0.6) is 0 Å². The maximum absolute atomic E-state index is 14.8. The van der Waals surface area contributed by atoms with Gasteiger partial charge in [0.2, 0.25) is 6.41 Å². The standard InChI is InChI=1S/C31H48N2O10/c1-11-28(6)17-19(35)31-29(7)20(40-26(42-31)33(9)10)13-15-27(4,5)23(29)22(24(39-18(3)34)30(31,8)43-28)41-25(37)32-16-14-21(36)38-12-2/h11,20,22-24,26H,1,12-17H2,2-10H3,(H,32,37)/t20-,22-,23-,24-,26?,28-,29-,30+,31-/m0/s1. The van der Waals surface area contributed by atoms with Crippen LogP contribution in [-0.2, 0) is 42.8 Å². The first-order valence-corrected chi connectivity index (χ1v) is 15.1. The number of hydrogen-bond donors (Lipinski definition) is 1. The maximum Gasteiger partial charge on any atom is 0.407 e. The van der Waals surface area contributed by atoms with Crippen LogP contribution in [0.3, 0.4) is 0 Å². The number of Topliss-reactive ketones (excluding diaryl/α,β-unsaturated/α-hetero) is 1. The van der Waals surface area contributed by atoms with Crippen LogP contribution in [0.25, 0.3) is 0 Å².